The molecule has 19 heavy (non-hydrogen) atoms. The van der Waals surface area contributed by atoms with E-state index in [0.29, 0.717) is 18.2 Å². The molecule has 6 heteroatoms. The van der Waals surface area contributed by atoms with Crippen molar-refractivity contribution in [3.63, 3.8) is 0 Å². The molecule has 0 spiro atoms. The van der Waals surface area contributed by atoms with Crippen molar-refractivity contribution in [2.45, 2.75) is 18.7 Å². The fraction of sp³-hybridized carbons (Fsp3) is 0.385. The van der Waals surface area contributed by atoms with E-state index < -0.39 is 6.03 Å². The van der Waals surface area contributed by atoms with Crippen LogP contribution >= 0.6 is 11.8 Å². The molecule has 0 unspecified atom stereocenters. The Hall–Kier alpha value is -1.69. The summed E-state index contributed by atoms with van der Waals surface area (Å²) < 4.78 is 0. The minimum absolute atomic E-state index is 0.179. The average Bonchev–Trinajstić information content (AvgIpc) is 2.34. The van der Waals surface area contributed by atoms with Crippen molar-refractivity contribution in [2.75, 3.05) is 18.0 Å². The molecule has 0 aromatic heterocycles. The van der Waals surface area contributed by atoms with E-state index in [2.05, 4.69) is 10.6 Å². The molecule has 4 N–H and O–H groups in total. The van der Waals surface area contributed by atoms with E-state index in [9.17, 15) is 9.59 Å². The van der Waals surface area contributed by atoms with E-state index in [4.69, 9.17) is 5.73 Å². The number of nitrogens with one attached hydrogen (secondary N) is 2. The quantitative estimate of drug-likeness (QED) is 0.568. The zero-order chi connectivity index (χ0) is 14.3. The minimum atomic E-state index is -0.452. The maximum absolute atomic E-state index is 11.5. The van der Waals surface area contributed by atoms with Crippen molar-refractivity contribution < 1.29 is 9.59 Å². The lowest BCUT2D eigenvalue weighted by Crippen LogP contribution is -2.41. The molecule has 3 amide bonds. The number of carbonyl (C=O) groups is 2. The zero-order valence-electron chi connectivity index (χ0n) is 11.1. The second-order valence-electron chi connectivity index (χ2n) is 4.51. The highest BCUT2D eigenvalue weighted by atomic mass is 32.2. The van der Waals surface area contributed by atoms with Crippen LogP contribution in [0.5, 0.6) is 0 Å². The Morgan fingerprint density at radius 3 is 2.74 bits per heavy atom. The van der Waals surface area contributed by atoms with Crippen LogP contribution in [0.1, 0.15) is 13.8 Å². The molecule has 0 aliphatic carbocycles. The van der Waals surface area contributed by atoms with Gasteiger partial charge in [-0.3, -0.25) is 10.1 Å². The summed E-state index contributed by atoms with van der Waals surface area (Å²) in [6, 6.07) is 6.81. The van der Waals surface area contributed by atoms with E-state index in [1.54, 1.807) is 12.1 Å². The topological polar surface area (TPSA) is 84.2 Å². The molecule has 0 saturated carbocycles. The van der Waals surface area contributed by atoms with Crippen LogP contribution < -0.4 is 16.4 Å². The first-order chi connectivity index (χ1) is 8.97. The third-order valence-electron chi connectivity index (χ3n) is 2.15. The van der Waals surface area contributed by atoms with E-state index in [-0.39, 0.29) is 11.7 Å². The summed E-state index contributed by atoms with van der Waals surface area (Å²) in [4.78, 5) is 23.8. The smallest absolute Gasteiger partial charge is 0.321 e. The number of nitrogens with two attached hydrogens (primary N) is 1. The average molecular weight is 281 g/mol. The largest absolute Gasteiger partial charge is 0.399 e. The number of rotatable bonds is 5. The van der Waals surface area contributed by atoms with Crippen LogP contribution in [0, 0.1) is 5.92 Å². The van der Waals surface area contributed by atoms with Crippen molar-refractivity contribution in [3.05, 3.63) is 24.3 Å². The van der Waals surface area contributed by atoms with Gasteiger partial charge in [-0.2, -0.15) is 0 Å². The highest BCUT2D eigenvalue weighted by Gasteiger charge is 2.08. The van der Waals surface area contributed by atoms with Crippen LogP contribution in [0.15, 0.2) is 29.2 Å². The summed E-state index contributed by atoms with van der Waals surface area (Å²) in [5.41, 5.74) is 6.29. The van der Waals surface area contributed by atoms with Gasteiger partial charge in [-0.15, -0.1) is 11.8 Å². The second kappa shape index (κ2) is 7.68. The van der Waals surface area contributed by atoms with Gasteiger partial charge in [0.2, 0.25) is 5.91 Å². The normalized spacial score (nSPS) is 10.3. The summed E-state index contributed by atoms with van der Waals surface area (Å²) in [7, 11) is 0. The summed E-state index contributed by atoms with van der Waals surface area (Å²) in [6.45, 7) is 4.51. The highest BCUT2D eigenvalue weighted by Crippen LogP contribution is 2.19. The van der Waals surface area contributed by atoms with Crippen LogP contribution in [-0.4, -0.2) is 24.2 Å². The van der Waals surface area contributed by atoms with Crippen molar-refractivity contribution >= 4 is 29.4 Å². The molecule has 0 aliphatic heterocycles. The molecule has 0 fully saturated rings. The van der Waals surface area contributed by atoms with Crippen LogP contribution in [0.4, 0.5) is 10.5 Å². The van der Waals surface area contributed by atoms with Gasteiger partial charge in [0, 0.05) is 17.1 Å². The zero-order valence-corrected chi connectivity index (χ0v) is 11.9. The number of thioether (sulfide) groups is 1. The maximum Gasteiger partial charge on any atom is 0.321 e. The van der Waals surface area contributed by atoms with E-state index >= 15 is 0 Å². The van der Waals surface area contributed by atoms with Crippen molar-refractivity contribution in [1.82, 2.24) is 10.6 Å². The molecule has 0 aliphatic rings. The molecular weight excluding hydrogens is 262 g/mol. The van der Waals surface area contributed by atoms with E-state index in [1.165, 1.54) is 11.8 Å². The first-order valence-electron chi connectivity index (χ1n) is 6.03. The molecule has 104 valence electrons. The first kappa shape index (κ1) is 15.4. The van der Waals surface area contributed by atoms with Gasteiger partial charge < -0.3 is 11.1 Å². The van der Waals surface area contributed by atoms with Gasteiger partial charge in [0.25, 0.3) is 0 Å². The lowest BCUT2D eigenvalue weighted by molar-refractivity contribution is -0.117. The van der Waals surface area contributed by atoms with Crippen molar-refractivity contribution in [2.24, 2.45) is 5.92 Å². The molecule has 1 aromatic rings. The molecule has 1 aromatic carbocycles. The summed E-state index contributed by atoms with van der Waals surface area (Å²) >= 11 is 1.34. The molecule has 0 radical (unpaired) electrons. The first-order valence-corrected chi connectivity index (χ1v) is 7.02. The Balaban J connectivity index is 2.30. The maximum atomic E-state index is 11.5. The SMILES string of the molecule is CC(C)CNC(=O)NC(=O)CSc1cccc(N)c1. The Bertz CT molecular complexity index is 449. The lowest BCUT2D eigenvalue weighted by Gasteiger charge is -2.08. The van der Waals surface area contributed by atoms with Crippen LogP contribution in [-0.2, 0) is 4.79 Å². The molecule has 1 rings (SSSR count). The predicted octanol–water partition coefficient (Wildman–Crippen LogP) is 1.84. The summed E-state index contributed by atoms with van der Waals surface area (Å²) in [5, 5.41) is 4.90. The van der Waals surface area contributed by atoms with Crippen LogP contribution in [0.2, 0.25) is 0 Å². The molecule has 0 bridgehead atoms. The van der Waals surface area contributed by atoms with Gasteiger partial charge >= 0.3 is 6.03 Å². The number of urea groups is 1. The molecule has 0 atom stereocenters. The van der Waals surface area contributed by atoms with Gasteiger partial charge in [-0.25, -0.2) is 4.79 Å². The standard InChI is InChI=1S/C13H19N3O2S/c1-9(2)7-15-13(18)16-12(17)8-19-11-5-3-4-10(14)6-11/h3-6,9H,7-8,14H2,1-2H3,(H2,15,16,17,18). The van der Waals surface area contributed by atoms with Crippen LogP contribution in [0.3, 0.4) is 0 Å². The highest BCUT2D eigenvalue weighted by molar-refractivity contribution is 8.00. The number of benzene rings is 1. The van der Waals surface area contributed by atoms with Crippen molar-refractivity contribution in [3.8, 4) is 0 Å². The Kier molecular flexibility index (Phi) is 6.21. The van der Waals surface area contributed by atoms with E-state index in [0.717, 1.165) is 4.90 Å². The molecular formula is C13H19N3O2S. The van der Waals surface area contributed by atoms with Crippen molar-refractivity contribution in [1.29, 1.82) is 0 Å². The molecule has 0 saturated heterocycles. The lowest BCUT2D eigenvalue weighted by atomic mass is 10.2. The number of hydrogen-bond acceptors (Lipinski definition) is 4. The van der Waals surface area contributed by atoms with E-state index in [1.807, 2.05) is 26.0 Å². The number of nitrogen functional groups attached to an aromatic ring is 1. The van der Waals surface area contributed by atoms with Gasteiger partial charge in [0.15, 0.2) is 0 Å². The number of imide groups is 1. The third kappa shape index (κ3) is 6.71. The minimum Gasteiger partial charge on any atom is -0.399 e. The van der Waals surface area contributed by atoms with Gasteiger partial charge in [-0.1, -0.05) is 19.9 Å². The Morgan fingerprint density at radius 2 is 2.11 bits per heavy atom. The fourth-order valence-corrected chi connectivity index (χ4v) is 2.02. The summed E-state index contributed by atoms with van der Waals surface area (Å²) in [5.74, 6) is 0.203. The number of anilines is 1. The summed E-state index contributed by atoms with van der Waals surface area (Å²) in [6.07, 6.45) is 0. The Morgan fingerprint density at radius 1 is 1.37 bits per heavy atom. The third-order valence-corrected chi connectivity index (χ3v) is 3.15. The van der Waals surface area contributed by atoms with Gasteiger partial charge in [0.05, 0.1) is 5.75 Å². The Labute approximate surface area is 117 Å². The number of carbonyl (C=O) groups excluding carboxylic acids is 2. The molecule has 5 nitrogen and oxygen atoms in total. The second-order valence-corrected chi connectivity index (χ2v) is 5.56. The fourth-order valence-electron chi connectivity index (χ4n) is 1.26. The predicted molar refractivity (Wildman–Crippen MR) is 78.0 cm³/mol. The number of amides is 3. The van der Waals surface area contributed by atoms with Gasteiger partial charge in [0.1, 0.15) is 0 Å². The monoisotopic (exact) mass is 281 g/mol. The van der Waals surface area contributed by atoms with Crippen LogP contribution in [0.25, 0.3) is 0 Å². The van der Waals surface area contributed by atoms with Gasteiger partial charge in [-0.05, 0) is 24.1 Å². The molecule has 0 heterocycles. The number of hydrogen-bond donors (Lipinski definition) is 3.